The Bertz CT molecular complexity index is 1020. The Balaban J connectivity index is 1.83. The summed E-state index contributed by atoms with van der Waals surface area (Å²) in [5.41, 5.74) is 0.777. The molecule has 7 N–H and O–H groups in total. The Labute approximate surface area is 218 Å². The van der Waals surface area contributed by atoms with E-state index in [0.29, 0.717) is 5.56 Å². The zero-order chi connectivity index (χ0) is 28.0. The molecular weight excluding hydrogens is 508 g/mol. The molecule has 3 rings (SSSR count). The number of ether oxygens (including phenoxy) is 6. The van der Waals surface area contributed by atoms with Crippen LogP contribution in [0, 0.1) is 0 Å². The highest BCUT2D eigenvalue weighted by molar-refractivity contribution is 5.54. The summed E-state index contributed by atoms with van der Waals surface area (Å²) in [5.74, 6) is 0.731. The normalized spacial score (nSPS) is 24.8. The van der Waals surface area contributed by atoms with E-state index in [-0.39, 0.29) is 40.9 Å². The van der Waals surface area contributed by atoms with Crippen LogP contribution in [-0.4, -0.2) is 107 Å². The van der Waals surface area contributed by atoms with E-state index in [1.807, 2.05) is 0 Å². The first kappa shape index (κ1) is 29.7. The molecule has 0 radical (unpaired) electrons. The fourth-order valence-corrected chi connectivity index (χ4v) is 3.96. The van der Waals surface area contributed by atoms with Crippen molar-refractivity contribution in [2.45, 2.75) is 49.5 Å². The van der Waals surface area contributed by atoms with Gasteiger partial charge in [-0.3, -0.25) is 0 Å². The van der Waals surface area contributed by atoms with Gasteiger partial charge in [-0.15, -0.1) is 0 Å². The lowest BCUT2D eigenvalue weighted by Crippen LogP contribution is -2.60. The number of aliphatic hydroxyl groups is 7. The van der Waals surface area contributed by atoms with E-state index >= 15 is 0 Å². The third-order valence-electron chi connectivity index (χ3n) is 6.13. The Kier molecular flexibility index (Phi) is 10.4. The summed E-state index contributed by atoms with van der Waals surface area (Å²) in [7, 11) is 4.13. The molecule has 38 heavy (non-hydrogen) atoms. The number of methoxy groups -OCH3 is 3. The maximum Gasteiger partial charge on any atom is 0.229 e. The van der Waals surface area contributed by atoms with E-state index in [1.165, 1.54) is 51.7 Å². The second kappa shape index (κ2) is 13.3. The van der Waals surface area contributed by atoms with Crippen molar-refractivity contribution in [1.29, 1.82) is 0 Å². The molecule has 0 unspecified atom stereocenters. The molecule has 0 aliphatic carbocycles. The summed E-state index contributed by atoms with van der Waals surface area (Å²) in [4.78, 5) is 0. The molecular formula is C25H34O13. The molecule has 1 aliphatic rings. The Hall–Kier alpha value is -2.88. The molecule has 0 spiro atoms. The van der Waals surface area contributed by atoms with Crippen LogP contribution in [0.3, 0.4) is 0 Å². The number of hydrogen-bond acceptors (Lipinski definition) is 13. The molecule has 2 aromatic carbocycles. The largest absolute Gasteiger partial charge is 0.493 e. The van der Waals surface area contributed by atoms with E-state index in [9.17, 15) is 35.7 Å². The number of hydrogen-bond donors (Lipinski definition) is 7. The van der Waals surface area contributed by atoms with Crippen molar-refractivity contribution in [1.82, 2.24) is 0 Å². The lowest BCUT2D eigenvalue weighted by Gasteiger charge is -2.39. The Morgan fingerprint density at radius 3 is 1.97 bits per heavy atom. The van der Waals surface area contributed by atoms with Crippen LogP contribution in [0.4, 0.5) is 0 Å². The summed E-state index contributed by atoms with van der Waals surface area (Å²) >= 11 is 0. The van der Waals surface area contributed by atoms with E-state index in [0.717, 1.165) is 0 Å². The van der Waals surface area contributed by atoms with Crippen molar-refractivity contribution < 1.29 is 64.2 Å². The zero-order valence-corrected chi connectivity index (χ0v) is 21.1. The third-order valence-corrected chi connectivity index (χ3v) is 6.13. The van der Waals surface area contributed by atoms with E-state index in [4.69, 9.17) is 28.4 Å². The van der Waals surface area contributed by atoms with E-state index < -0.39 is 56.1 Å². The number of rotatable bonds is 12. The minimum atomic E-state index is -1.63. The van der Waals surface area contributed by atoms with Gasteiger partial charge in [0.1, 0.15) is 30.5 Å². The lowest BCUT2D eigenvalue weighted by atomic mass is 9.99. The third kappa shape index (κ3) is 6.22. The minimum Gasteiger partial charge on any atom is -0.493 e. The molecule has 13 heteroatoms. The van der Waals surface area contributed by atoms with Gasteiger partial charge in [-0.2, -0.15) is 0 Å². The van der Waals surface area contributed by atoms with Gasteiger partial charge in [-0.25, -0.2) is 0 Å². The first-order chi connectivity index (χ1) is 18.2. The maximum atomic E-state index is 11.0. The van der Waals surface area contributed by atoms with Crippen molar-refractivity contribution in [3.63, 3.8) is 0 Å². The molecule has 1 heterocycles. The fraction of sp³-hybridized carbons (Fsp3) is 0.520. The highest BCUT2D eigenvalue weighted by atomic mass is 16.7. The molecule has 1 aliphatic heterocycles. The first-order valence-electron chi connectivity index (χ1n) is 11.7. The Morgan fingerprint density at radius 1 is 0.816 bits per heavy atom. The van der Waals surface area contributed by atoms with Crippen LogP contribution in [0.15, 0.2) is 30.3 Å². The van der Waals surface area contributed by atoms with E-state index in [2.05, 4.69) is 0 Å². The van der Waals surface area contributed by atoms with Gasteiger partial charge in [0.05, 0.1) is 41.2 Å². The molecule has 2 aromatic rings. The van der Waals surface area contributed by atoms with Crippen LogP contribution in [0.5, 0.6) is 28.7 Å². The minimum absolute atomic E-state index is 0.0668. The fourth-order valence-electron chi connectivity index (χ4n) is 3.96. The van der Waals surface area contributed by atoms with Crippen molar-refractivity contribution in [3.8, 4) is 28.7 Å². The molecule has 0 bridgehead atoms. The predicted octanol–water partition coefficient (Wildman–Crippen LogP) is -1.14. The summed E-state index contributed by atoms with van der Waals surface area (Å²) in [5, 5.41) is 70.1. The van der Waals surface area contributed by atoms with Crippen LogP contribution in [0.25, 0.3) is 0 Å². The van der Waals surface area contributed by atoms with Crippen molar-refractivity contribution >= 4 is 0 Å². The van der Waals surface area contributed by atoms with Gasteiger partial charge in [0.2, 0.25) is 12.0 Å². The quantitative estimate of drug-likeness (QED) is 0.170. The molecule has 1 saturated heterocycles. The van der Waals surface area contributed by atoms with Crippen molar-refractivity contribution in [2.24, 2.45) is 0 Å². The molecule has 1 fully saturated rings. The average molecular weight is 543 g/mol. The summed E-state index contributed by atoms with van der Waals surface area (Å²) < 4.78 is 32.9. The van der Waals surface area contributed by atoms with Crippen LogP contribution < -0.4 is 23.7 Å². The van der Waals surface area contributed by atoms with Crippen LogP contribution in [-0.2, 0) is 11.3 Å². The monoisotopic (exact) mass is 542 g/mol. The SMILES string of the molecule is COc1cc([C@H](O)[C@H](CO)Oc2c(OC)cc(CO)cc2OC)ccc1O[C@@H]1O[C@H](CO)[C@@H](O)[C@H](O)[C@H]1O. The van der Waals surface area contributed by atoms with Gasteiger partial charge < -0.3 is 64.2 Å². The standard InChI is InChI=1S/C25H34O13/c1-33-15-8-13(4-5-14(15)37-25-23(32)22(31)21(30)19(11-28)38-25)20(29)18(10-27)36-24-16(34-2)6-12(9-26)7-17(24)35-3/h4-8,18-23,25-32H,9-11H2,1-3H3/t18-,19+,20-,21+,22-,23+,25+/m0/s1. The van der Waals surface area contributed by atoms with Gasteiger partial charge in [0, 0.05) is 0 Å². The summed E-state index contributed by atoms with van der Waals surface area (Å²) in [6, 6.07) is 7.35. The molecule has 212 valence electrons. The van der Waals surface area contributed by atoms with Crippen LogP contribution in [0.2, 0.25) is 0 Å². The zero-order valence-electron chi connectivity index (χ0n) is 21.1. The topological polar surface area (TPSA) is 197 Å². The highest BCUT2D eigenvalue weighted by Crippen LogP contribution is 2.41. The summed E-state index contributed by atoms with van der Waals surface area (Å²) in [6.07, 6.45) is -9.94. The summed E-state index contributed by atoms with van der Waals surface area (Å²) in [6.45, 7) is -1.48. The van der Waals surface area contributed by atoms with Gasteiger partial charge in [-0.05, 0) is 35.4 Å². The number of aliphatic hydroxyl groups excluding tert-OH is 7. The second-order valence-corrected chi connectivity index (χ2v) is 8.50. The molecule has 0 amide bonds. The molecule has 13 nitrogen and oxygen atoms in total. The smallest absolute Gasteiger partial charge is 0.229 e. The lowest BCUT2D eigenvalue weighted by molar-refractivity contribution is -0.277. The van der Waals surface area contributed by atoms with Crippen molar-refractivity contribution in [3.05, 3.63) is 41.5 Å². The van der Waals surface area contributed by atoms with Crippen molar-refractivity contribution in [2.75, 3.05) is 34.5 Å². The average Bonchev–Trinajstić information content (AvgIpc) is 2.95. The highest BCUT2D eigenvalue weighted by Gasteiger charge is 2.45. The molecule has 7 atom stereocenters. The van der Waals surface area contributed by atoms with Crippen LogP contribution >= 0.6 is 0 Å². The first-order valence-corrected chi connectivity index (χ1v) is 11.7. The molecule has 0 saturated carbocycles. The predicted molar refractivity (Wildman–Crippen MR) is 129 cm³/mol. The second-order valence-electron chi connectivity index (χ2n) is 8.50. The van der Waals surface area contributed by atoms with Gasteiger partial charge in [-0.1, -0.05) is 6.07 Å². The molecule has 0 aromatic heterocycles. The van der Waals surface area contributed by atoms with Crippen LogP contribution in [0.1, 0.15) is 17.2 Å². The van der Waals surface area contributed by atoms with E-state index in [1.54, 1.807) is 0 Å². The number of benzene rings is 2. The van der Waals surface area contributed by atoms with Gasteiger partial charge in [0.25, 0.3) is 0 Å². The Morgan fingerprint density at radius 2 is 1.45 bits per heavy atom. The maximum absolute atomic E-state index is 11.0. The van der Waals surface area contributed by atoms with Gasteiger partial charge >= 0.3 is 0 Å². The van der Waals surface area contributed by atoms with Gasteiger partial charge in [0.15, 0.2) is 29.1 Å².